The Morgan fingerprint density at radius 2 is 1.93 bits per heavy atom. The maximum Gasteiger partial charge on any atom is 0.416 e. The van der Waals surface area contributed by atoms with Crippen molar-refractivity contribution in [2.45, 2.75) is 25.1 Å². The number of ether oxygens (including phenoxy) is 1. The van der Waals surface area contributed by atoms with Crippen LogP contribution in [0.3, 0.4) is 0 Å². The highest BCUT2D eigenvalue weighted by molar-refractivity contribution is 5.31. The molecule has 82 valence electrons. The summed E-state index contributed by atoms with van der Waals surface area (Å²) in [6.07, 6.45) is -3.95. The van der Waals surface area contributed by atoms with Gasteiger partial charge in [0.1, 0.15) is 0 Å². The molecule has 0 aliphatic carbocycles. The molecule has 1 aromatic rings. The van der Waals surface area contributed by atoms with Crippen LogP contribution in [0.2, 0.25) is 0 Å². The van der Waals surface area contributed by atoms with Crippen LogP contribution in [0.4, 0.5) is 13.2 Å². The first-order valence-electron chi connectivity index (χ1n) is 4.70. The monoisotopic (exact) mass is 216 g/mol. The number of alkyl halides is 3. The van der Waals surface area contributed by atoms with Gasteiger partial charge in [0.05, 0.1) is 17.8 Å². The number of epoxide rings is 1. The van der Waals surface area contributed by atoms with E-state index in [4.69, 9.17) is 4.74 Å². The first-order chi connectivity index (χ1) is 6.91. The van der Waals surface area contributed by atoms with Crippen molar-refractivity contribution in [1.82, 2.24) is 0 Å². The average Bonchev–Trinajstić information content (AvgIpc) is 2.82. The van der Waals surface area contributed by atoms with E-state index in [0.717, 1.165) is 6.07 Å². The first kappa shape index (κ1) is 10.5. The second-order valence-corrected chi connectivity index (χ2v) is 4.07. The smallest absolute Gasteiger partial charge is 0.370 e. The van der Waals surface area contributed by atoms with E-state index in [9.17, 15) is 13.2 Å². The molecule has 1 heterocycles. The largest absolute Gasteiger partial charge is 0.416 e. The first-order valence-corrected chi connectivity index (χ1v) is 4.70. The Morgan fingerprint density at radius 1 is 1.33 bits per heavy atom. The van der Waals surface area contributed by atoms with E-state index in [1.165, 1.54) is 12.1 Å². The number of halogens is 3. The Balaban J connectivity index is 2.30. The molecule has 1 saturated heterocycles. The summed E-state index contributed by atoms with van der Waals surface area (Å²) >= 11 is 0. The molecule has 1 unspecified atom stereocenters. The third-order valence-corrected chi connectivity index (χ3v) is 2.52. The van der Waals surface area contributed by atoms with Gasteiger partial charge < -0.3 is 4.74 Å². The summed E-state index contributed by atoms with van der Waals surface area (Å²) in [6, 6.07) is 5.65. The van der Waals surface area contributed by atoms with Crippen molar-refractivity contribution in [1.29, 1.82) is 0 Å². The fraction of sp³-hybridized carbons (Fsp3) is 0.455. The molecule has 0 aromatic heterocycles. The van der Waals surface area contributed by atoms with E-state index >= 15 is 0 Å². The molecule has 0 amide bonds. The lowest BCUT2D eigenvalue weighted by molar-refractivity contribution is -0.138. The second-order valence-electron chi connectivity index (χ2n) is 4.07. The van der Waals surface area contributed by atoms with Crippen molar-refractivity contribution in [3.8, 4) is 0 Å². The van der Waals surface area contributed by atoms with Gasteiger partial charge in [-0.05, 0) is 18.6 Å². The molecule has 1 atom stereocenters. The fourth-order valence-electron chi connectivity index (χ4n) is 1.58. The van der Waals surface area contributed by atoms with E-state index in [-0.39, 0.29) is 5.60 Å². The summed E-state index contributed by atoms with van der Waals surface area (Å²) in [5, 5.41) is 0. The molecule has 1 fully saturated rings. The van der Waals surface area contributed by atoms with Crippen LogP contribution in [0.1, 0.15) is 18.1 Å². The molecule has 0 bridgehead atoms. The Labute approximate surface area is 85.9 Å². The van der Waals surface area contributed by atoms with E-state index in [2.05, 4.69) is 0 Å². The third-order valence-electron chi connectivity index (χ3n) is 2.52. The third kappa shape index (κ3) is 2.31. The van der Waals surface area contributed by atoms with Crippen molar-refractivity contribution in [3.63, 3.8) is 0 Å². The Hall–Kier alpha value is -1.03. The molecule has 0 saturated carbocycles. The van der Waals surface area contributed by atoms with Crippen LogP contribution >= 0.6 is 0 Å². The topological polar surface area (TPSA) is 12.5 Å². The van der Waals surface area contributed by atoms with Gasteiger partial charge in [-0.25, -0.2) is 0 Å². The van der Waals surface area contributed by atoms with Gasteiger partial charge in [-0.1, -0.05) is 18.2 Å². The lowest BCUT2D eigenvalue weighted by atomic mass is 9.97. The lowest BCUT2D eigenvalue weighted by Crippen LogP contribution is -2.15. The number of benzene rings is 1. The minimum Gasteiger partial charge on any atom is -0.370 e. The number of hydrogen-bond donors (Lipinski definition) is 0. The highest BCUT2D eigenvalue weighted by Crippen LogP contribution is 2.37. The van der Waals surface area contributed by atoms with E-state index in [0.29, 0.717) is 18.6 Å². The molecule has 0 N–H and O–H groups in total. The fourth-order valence-corrected chi connectivity index (χ4v) is 1.58. The van der Waals surface area contributed by atoms with Crippen molar-refractivity contribution < 1.29 is 17.9 Å². The predicted octanol–water partition coefficient (Wildman–Crippen LogP) is 3.04. The van der Waals surface area contributed by atoms with Crippen LogP contribution < -0.4 is 0 Å². The molecule has 0 spiro atoms. The van der Waals surface area contributed by atoms with Gasteiger partial charge >= 0.3 is 6.18 Å². The predicted molar refractivity (Wildman–Crippen MR) is 49.5 cm³/mol. The Morgan fingerprint density at radius 3 is 2.47 bits per heavy atom. The summed E-state index contributed by atoms with van der Waals surface area (Å²) in [4.78, 5) is 0. The average molecular weight is 216 g/mol. The molecule has 1 aromatic carbocycles. The molecular weight excluding hydrogens is 205 g/mol. The van der Waals surface area contributed by atoms with E-state index < -0.39 is 11.7 Å². The van der Waals surface area contributed by atoms with Gasteiger partial charge in [0.25, 0.3) is 0 Å². The molecular formula is C11H11F3O. The summed E-state index contributed by atoms with van der Waals surface area (Å²) in [5.41, 5.74) is -0.631. The van der Waals surface area contributed by atoms with Crippen LogP contribution in [0.5, 0.6) is 0 Å². The van der Waals surface area contributed by atoms with Crippen molar-refractivity contribution >= 4 is 0 Å². The van der Waals surface area contributed by atoms with Gasteiger partial charge in [0.15, 0.2) is 0 Å². The summed E-state index contributed by atoms with van der Waals surface area (Å²) in [7, 11) is 0. The van der Waals surface area contributed by atoms with Gasteiger partial charge in [-0.15, -0.1) is 0 Å². The molecule has 0 radical (unpaired) electrons. The van der Waals surface area contributed by atoms with Crippen LogP contribution in [0, 0.1) is 0 Å². The SMILES string of the molecule is CC1(Cc2ccccc2C(F)(F)F)CO1. The molecule has 1 aliphatic rings. The van der Waals surface area contributed by atoms with Gasteiger partial charge in [0.2, 0.25) is 0 Å². The van der Waals surface area contributed by atoms with Gasteiger partial charge in [-0.2, -0.15) is 13.2 Å². The van der Waals surface area contributed by atoms with Crippen LogP contribution in [-0.2, 0) is 17.3 Å². The van der Waals surface area contributed by atoms with Gasteiger partial charge in [-0.3, -0.25) is 0 Å². The summed E-state index contributed by atoms with van der Waals surface area (Å²) < 4.78 is 42.9. The zero-order valence-corrected chi connectivity index (χ0v) is 8.27. The van der Waals surface area contributed by atoms with Crippen LogP contribution in [-0.4, -0.2) is 12.2 Å². The zero-order valence-electron chi connectivity index (χ0n) is 8.27. The Kier molecular flexibility index (Phi) is 2.26. The lowest BCUT2D eigenvalue weighted by Gasteiger charge is -2.13. The van der Waals surface area contributed by atoms with E-state index in [1.807, 2.05) is 6.92 Å². The van der Waals surface area contributed by atoms with Crippen LogP contribution in [0.25, 0.3) is 0 Å². The van der Waals surface area contributed by atoms with Crippen molar-refractivity contribution in [2.75, 3.05) is 6.61 Å². The maximum atomic E-state index is 12.6. The quantitative estimate of drug-likeness (QED) is 0.692. The minimum absolute atomic E-state index is 0.310. The molecule has 4 heteroatoms. The van der Waals surface area contributed by atoms with Crippen molar-refractivity contribution in [3.05, 3.63) is 35.4 Å². The normalized spacial score (nSPS) is 25.3. The maximum absolute atomic E-state index is 12.6. The summed E-state index contributed by atoms with van der Waals surface area (Å²) in [5.74, 6) is 0. The molecule has 1 nitrogen and oxygen atoms in total. The minimum atomic E-state index is -4.28. The standard InChI is InChI=1S/C11H11F3O/c1-10(7-15-10)6-8-4-2-3-5-9(8)11(12,13)14/h2-5H,6-7H2,1H3. The molecule has 15 heavy (non-hydrogen) atoms. The Bertz CT molecular complexity index is 366. The van der Waals surface area contributed by atoms with Gasteiger partial charge in [0, 0.05) is 6.42 Å². The van der Waals surface area contributed by atoms with E-state index in [1.54, 1.807) is 6.07 Å². The molecule has 2 rings (SSSR count). The number of hydrogen-bond acceptors (Lipinski definition) is 1. The van der Waals surface area contributed by atoms with Crippen molar-refractivity contribution in [2.24, 2.45) is 0 Å². The zero-order chi connectivity index (χ0) is 11.1. The highest BCUT2D eigenvalue weighted by atomic mass is 19.4. The molecule has 1 aliphatic heterocycles. The highest BCUT2D eigenvalue weighted by Gasteiger charge is 2.42. The summed E-state index contributed by atoms with van der Waals surface area (Å²) in [6.45, 7) is 2.36. The second kappa shape index (κ2) is 3.23. The number of rotatable bonds is 2. The van der Waals surface area contributed by atoms with Crippen LogP contribution in [0.15, 0.2) is 24.3 Å².